The summed E-state index contributed by atoms with van der Waals surface area (Å²) in [4.78, 5) is 12.4. The number of hydrogen-bond acceptors (Lipinski definition) is 2. The van der Waals surface area contributed by atoms with Crippen LogP contribution in [0.3, 0.4) is 0 Å². The zero-order chi connectivity index (χ0) is 15.7. The molecule has 122 valence electrons. The van der Waals surface area contributed by atoms with Gasteiger partial charge in [0.15, 0.2) is 0 Å². The van der Waals surface area contributed by atoms with Gasteiger partial charge in [0.2, 0.25) is 0 Å². The molecule has 2 nitrogen and oxygen atoms in total. The van der Waals surface area contributed by atoms with Crippen LogP contribution in [0.4, 0.5) is 0 Å². The van der Waals surface area contributed by atoms with Crippen LogP contribution in [-0.4, -0.2) is 11.6 Å². The molecule has 2 saturated carbocycles. The van der Waals surface area contributed by atoms with Crippen LogP contribution in [0.15, 0.2) is 0 Å². The van der Waals surface area contributed by atoms with Gasteiger partial charge < -0.3 is 4.74 Å². The smallest absolute Gasteiger partial charge is 0.312 e. The molecule has 3 atom stereocenters. The van der Waals surface area contributed by atoms with Crippen LogP contribution >= 0.6 is 0 Å². The molecule has 0 aromatic rings. The molecule has 0 radical (unpaired) electrons. The first-order valence-corrected chi connectivity index (χ1v) is 8.99. The van der Waals surface area contributed by atoms with Crippen molar-refractivity contribution in [3.8, 4) is 0 Å². The van der Waals surface area contributed by atoms with Gasteiger partial charge in [0.05, 0.1) is 5.41 Å². The third kappa shape index (κ3) is 3.81. The molecular weight excluding hydrogens is 260 g/mol. The van der Waals surface area contributed by atoms with Gasteiger partial charge in [0.1, 0.15) is 5.60 Å². The van der Waals surface area contributed by atoms with Crippen LogP contribution in [0, 0.1) is 23.2 Å². The average Bonchev–Trinajstić information content (AvgIpc) is 2.46. The fourth-order valence-electron chi connectivity index (χ4n) is 4.11. The third-order valence-electron chi connectivity index (χ3n) is 6.32. The number of carbonyl (C=O) groups is 1. The second kappa shape index (κ2) is 6.30. The van der Waals surface area contributed by atoms with E-state index in [1.165, 1.54) is 44.9 Å². The predicted octanol–water partition coefficient (Wildman–Crippen LogP) is 5.35. The quantitative estimate of drug-likeness (QED) is 0.653. The molecule has 0 aromatic heterocycles. The van der Waals surface area contributed by atoms with Crippen LogP contribution in [0.25, 0.3) is 0 Å². The highest BCUT2D eigenvalue weighted by Gasteiger charge is 2.42. The Balaban J connectivity index is 1.97. The SMILES string of the molecule is CCC(C)(C)C(=O)OC(C)(C)C1CCC2CCCCC2C1. The topological polar surface area (TPSA) is 26.3 Å². The summed E-state index contributed by atoms with van der Waals surface area (Å²) in [7, 11) is 0. The Labute approximate surface area is 131 Å². The first kappa shape index (κ1) is 16.8. The van der Waals surface area contributed by atoms with E-state index >= 15 is 0 Å². The highest BCUT2D eigenvalue weighted by atomic mass is 16.6. The highest BCUT2D eigenvalue weighted by Crippen LogP contribution is 2.46. The van der Waals surface area contributed by atoms with E-state index in [-0.39, 0.29) is 17.0 Å². The van der Waals surface area contributed by atoms with Gasteiger partial charge in [-0.3, -0.25) is 4.79 Å². The number of ether oxygens (including phenoxy) is 1. The van der Waals surface area contributed by atoms with Gasteiger partial charge in [-0.25, -0.2) is 0 Å². The van der Waals surface area contributed by atoms with E-state index in [4.69, 9.17) is 4.74 Å². The van der Waals surface area contributed by atoms with E-state index in [2.05, 4.69) is 20.8 Å². The molecule has 2 fully saturated rings. The molecule has 0 N–H and O–H groups in total. The van der Waals surface area contributed by atoms with Crippen LogP contribution in [0.2, 0.25) is 0 Å². The van der Waals surface area contributed by atoms with Gasteiger partial charge in [-0.05, 0) is 71.1 Å². The minimum atomic E-state index is -0.362. The van der Waals surface area contributed by atoms with Crippen molar-refractivity contribution in [2.45, 2.75) is 91.6 Å². The maximum absolute atomic E-state index is 12.4. The zero-order valence-corrected chi connectivity index (χ0v) is 14.7. The van der Waals surface area contributed by atoms with E-state index in [0.717, 1.165) is 18.3 Å². The summed E-state index contributed by atoms with van der Waals surface area (Å²) in [5.41, 5.74) is -0.675. The number of rotatable bonds is 4. The zero-order valence-electron chi connectivity index (χ0n) is 14.7. The van der Waals surface area contributed by atoms with Crippen molar-refractivity contribution < 1.29 is 9.53 Å². The molecule has 21 heavy (non-hydrogen) atoms. The molecule has 2 aliphatic carbocycles. The van der Waals surface area contributed by atoms with E-state index in [1.54, 1.807) is 0 Å². The number of fused-ring (bicyclic) bond motifs is 1. The van der Waals surface area contributed by atoms with E-state index < -0.39 is 0 Å². The Morgan fingerprint density at radius 1 is 1.00 bits per heavy atom. The summed E-state index contributed by atoms with van der Waals surface area (Å²) in [6.07, 6.45) is 10.3. The molecule has 0 spiro atoms. The van der Waals surface area contributed by atoms with Gasteiger partial charge in [0.25, 0.3) is 0 Å². The fraction of sp³-hybridized carbons (Fsp3) is 0.947. The molecule has 2 aliphatic rings. The maximum Gasteiger partial charge on any atom is 0.312 e. The van der Waals surface area contributed by atoms with Gasteiger partial charge >= 0.3 is 5.97 Å². The summed E-state index contributed by atoms with van der Waals surface area (Å²) in [5.74, 6) is 2.34. The summed E-state index contributed by atoms with van der Waals surface area (Å²) in [5, 5.41) is 0. The Morgan fingerprint density at radius 3 is 2.24 bits per heavy atom. The van der Waals surface area contributed by atoms with Gasteiger partial charge in [0, 0.05) is 0 Å². The van der Waals surface area contributed by atoms with Crippen LogP contribution in [0.5, 0.6) is 0 Å². The molecule has 2 heteroatoms. The Hall–Kier alpha value is -0.530. The highest BCUT2D eigenvalue weighted by molar-refractivity contribution is 5.76. The molecule has 0 heterocycles. The minimum Gasteiger partial charge on any atom is -0.459 e. The molecule has 0 bridgehead atoms. The first-order chi connectivity index (χ1) is 9.76. The second-order valence-corrected chi connectivity index (χ2v) is 8.54. The molecule has 0 amide bonds. The molecular formula is C19H34O2. The largest absolute Gasteiger partial charge is 0.459 e. The number of hydrogen-bond donors (Lipinski definition) is 0. The van der Waals surface area contributed by atoms with Crippen molar-refractivity contribution in [3.05, 3.63) is 0 Å². The van der Waals surface area contributed by atoms with Crippen LogP contribution in [0.1, 0.15) is 86.0 Å². The average molecular weight is 294 g/mol. The summed E-state index contributed by atoms with van der Waals surface area (Å²) in [6, 6.07) is 0. The fourth-order valence-corrected chi connectivity index (χ4v) is 4.11. The normalized spacial score (nSPS) is 30.6. The lowest BCUT2D eigenvalue weighted by atomic mass is 9.64. The predicted molar refractivity (Wildman–Crippen MR) is 87.0 cm³/mol. The van der Waals surface area contributed by atoms with Crippen molar-refractivity contribution in [2.24, 2.45) is 23.2 Å². The third-order valence-corrected chi connectivity index (χ3v) is 6.32. The molecule has 3 unspecified atom stereocenters. The molecule has 0 saturated heterocycles. The first-order valence-electron chi connectivity index (χ1n) is 8.99. The van der Waals surface area contributed by atoms with Crippen molar-refractivity contribution >= 4 is 5.97 Å². The monoisotopic (exact) mass is 294 g/mol. The van der Waals surface area contributed by atoms with Crippen LogP contribution in [-0.2, 0) is 9.53 Å². The summed E-state index contributed by atoms with van der Waals surface area (Å²) < 4.78 is 5.97. The van der Waals surface area contributed by atoms with Gasteiger partial charge in [-0.15, -0.1) is 0 Å². The molecule has 0 aromatic carbocycles. The Bertz CT molecular complexity index is 370. The Kier molecular flexibility index (Phi) is 5.05. The second-order valence-electron chi connectivity index (χ2n) is 8.54. The Morgan fingerprint density at radius 2 is 1.62 bits per heavy atom. The van der Waals surface area contributed by atoms with Gasteiger partial charge in [-0.1, -0.05) is 32.6 Å². The standard InChI is InChI=1S/C19H34O2/c1-6-18(2,3)17(20)21-19(4,5)16-12-11-14-9-7-8-10-15(14)13-16/h14-16H,6-13H2,1-5H3. The lowest BCUT2D eigenvalue weighted by Crippen LogP contribution is -2.44. The van der Waals surface area contributed by atoms with Gasteiger partial charge in [-0.2, -0.15) is 0 Å². The lowest BCUT2D eigenvalue weighted by Gasteiger charge is -2.45. The summed E-state index contributed by atoms with van der Waals surface area (Å²) in [6.45, 7) is 10.3. The van der Waals surface area contributed by atoms with Crippen LogP contribution < -0.4 is 0 Å². The maximum atomic E-state index is 12.4. The molecule has 0 aliphatic heterocycles. The number of carbonyl (C=O) groups excluding carboxylic acids is 1. The lowest BCUT2D eigenvalue weighted by molar-refractivity contribution is -0.175. The van der Waals surface area contributed by atoms with Crippen molar-refractivity contribution in [3.63, 3.8) is 0 Å². The van der Waals surface area contributed by atoms with Crippen molar-refractivity contribution in [1.82, 2.24) is 0 Å². The number of esters is 1. The molecule has 2 rings (SSSR count). The van der Waals surface area contributed by atoms with E-state index in [1.807, 2.05) is 13.8 Å². The van der Waals surface area contributed by atoms with E-state index in [9.17, 15) is 4.79 Å². The van der Waals surface area contributed by atoms with Crippen molar-refractivity contribution in [1.29, 1.82) is 0 Å². The summed E-state index contributed by atoms with van der Waals surface area (Å²) >= 11 is 0. The van der Waals surface area contributed by atoms with Crippen molar-refractivity contribution in [2.75, 3.05) is 0 Å². The minimum absolute atomic E-state index is 0.0271. The van der Waals surface area contributed by atoms with E-state index in [0.29, 0.717) is 5.92 Å².